The normalized spacial score (nSPS) is 11.7. The molecular weight excluding hydrogens is 313 g/mol. The third-order valence-corrected chi connectivity index (χ3v) is 4.83. The van der Waals surface area contributed by atoms with E-state index in [2.05, 4.69) is 4.98 Å². The maximum atomic E-state index is 14.4. The van der Waals surface area contributed by atoms with Crippen LogP contribution >= 0.6 is 11.3 Å². The minimum atomic E-state index is -0.972. The number of carbonyl (C=O) groups excluding carboxylic acids is 1. The van der Waals surface area contributed by atoms with Gasteiger partial charge in [-0.2, -0.15) is 0 Å². The van der Waals surface area contributed by atoms with E-state index >= 15 is 0 Å². The summed E-state index contributed by atoms with van der Waals surface area (Å²) >= 11 is 1.54. The zero-order valence-electron chi connectivity index (χ0n) is 13.1. The van der Waals surface area contributed by atoms with Gasteiger partial charge >= 0.3 is 0 Å². The molecule has 0 aliphatic heterocycles. The van der Waals surface area contributed by atoms with Gasteiger partial charge in [0.15, 0.2) is 0 Å². The quantitative estimate of drug-likeness (QED) is 0.669. The molecule has 5 heteroatoms. The molecule has 0 atom stereocenters. The molecule has 0 amide bonds. The summed E-state index contributed by atoms with van der Waals surface area (Å²) in [5.74, 6) is 0.273. The molecule has 3 aromatic rings. The van der Waals surface area contributed by atoms with E-state index in [0.717, 1.165) is 10.2 Å². The van der Waals surface area contributed by atoms with Crippen molar-refractivity contribution in [1.29, 1.82) is 0 Å². The van der Waals surface area contributed by atoms with Gasteiger partial charge in [0.1, 0.15) is 27.9 Å². The van der Waals surface area contributed by atoms with Crippen LogP contribution in [0.25, 0.3) is 10.2 Å². The first-order valence-corrected chi connectivity index (χ1v) is 8.08. The lowest BCUT2D eigenvalue weighted by Gasteiger charge is -2.25. The number of fused-ring (bicyclic) bond motifs is 1. The predicted octanol–water partition coefficient (Wildman–Crippen LogP) is 5.09. The molecule has 2 aromatic heterocycles. The van der Waals surface area contributed by atoms with Gasteiger partial charge in [0.05, 0.1) is 11.6 Å². The lowest BCUT2D eigenvalue weighted by atomic mass is 9.80. The number of carbonyl (C=O) groups is 1. The second kappa shape index (κ2) is 5.74. The zero-order valence-corrected chi connectivity index (χ0v) is 13.9. The smallest absolute Gasteiger partial charge is 0.146 e. The number of ether oxygens (including phenoxy) is 1. The Morgan fingerprint density at radius 1 is 1.30 bits per heavy atom. The molecule has 0 saturated heterocycles. The number of ketones is 1. The van der Waals surface area contributed by atoms with Crippen LogP contribution in [-0.2, 0) is 10.2 Å². The first-order chi connectivity index (χ1) is 10.9. The van der Waals surface area contributed by atoms with Crippen molar-refractivity contribution in [3.63, 3.8) is 0 Å². The number of hydrogen-bond donors (Lipinski definition) is 0. The van der Waals surface area contributed by atoms with Crippen molar-refractivity contribution < 1.29 is 13.9 Å². The van der Waals surface area contributed by atoms with Gasteiger partial charge in [-0.25, -0.2) is 9.37 Å². The van der Waals surface area contributed by atoms with Crippen LogP contribution in [0.15, 0.2) is 41.9 Å². The van der Waals surface area contributed by atoms with Crippen molar-refractivity contribution in [3.8, 4) is 11.5 Å². The summed E-state index contributed by atoms with van der Waals surface area (Å²) in [6.07, 6.45) is 1.61. The Labute approximate surface area is 137 Å². The number of halogens is 1. The molecule has 0 aliphatic carbocycles. The molecule has 0 bridgehead atoms. The van der Waals surface area contributed by atoms with Crippen molar-refractivity contribution in [3.05, 3.63) is 53.3 Å². The number of rotatable bonds is 4. The first-order valence-electron chi connectivity index (χ1n) is 7.21. The Morgan fingerprint density at radius 3 is 2.83 bits per heavy atom. The minimum Gasteiger partial charge on any atom is -0.455 e. The lowest BCUT2D eigenvalue weighted by molar-refractivity contribution is -0.121. The van der Waals surface area contributed by atoms with E-state index in [-0.39, 0.29) is 11.3 Å². The van der Waals surface area contributed by atoms with E-state index in [4.69, 9.17) is 4.74 Å². The summed E-state index contributed by atoms with van der Waals surface area (Å²) in [5.41, 5.74) is -0.710. The second-order valence-electron chi connectivity index (χ2n) is 5.88. The molecule has 3 nitrogen and oxygen atoms in total. The number of Topliss-reactive ketones (excluding diaryl/α,β-unsaturated/α-hetero) is 1. The number of hydrogen-bond acceptors (Lipinski definition) is 4. The van der Waals surface area contributed by atoms with E-state index in [1.54, 1.807) is 43.5 Å². The third kappa shape index (κ3) is 2.84. The molecule has 0 unspecified atom stereocenters. The van der Waals surface area contributed by atoms with Crippen LogP contribution in [0.1, 0.15) is 26.3 Å². The largest absolute Gasteiger partial charge is 0.455 e. The molecule has 2 heterocycles. The molecular formula is C18H16FNO2S. The Hall–Kier alpha value is -2.27. The Morgan fingerprint density at radius 2 is 2.09 bits per heavy atom. The van der Waals surface area contributed by atoms with E-state index < -0.39 is 11.2 Å². The van der Waals surface area contributed by atoms with Crippen molar-refractivity contribution in [2.24, 2.45) is 0 Å². The topological polar surface area (TPSA) is 39.2 Å². The van der Waals surface area contributed by atoms with Crippen molar-refractivity contribution in [2.75, 3.05) is 0 Å². The third-order valence-electron chi connectivity index (χ3n) is 3.99. The summed E-state index contributed by atoms with van der Waals surface area (Å²) in [4.78, 5) is 17.2. The fraction of sp³-hybridized carbons (Fsp3) is 0.222. The molecule has 1 aromatic carbocycles. The van der Waals surface area contributed by atoms with E-state index in [9.17, 15) is 9.18 Å². The number of benzene rings is 1. The average molecular weight is 329 g/mol. The highest BCUT2D eigenvalue weighted by Gasteiger charge is 2.32. The van der Waals surface area contributed by atoms with E-state index in [0.29, 0.717) is 11.5 Å². The first kappa shape index (κ1) is 15.6. The highest BCUT2D eigenvalue weighted by atomic mass is 32.1. The minimum absolute atomic E-state index is 0.126. The lowest BCUT2D eigenvalue weighted by Crippen LogP contribution is -2.28. The zero-order chi connectivity index (χ0) is 16.6. The number of nitrogens with zero attached hydrogens (tertiary/aromatic N) is 1. The van der Waals surface area contributed by atoms with Crippen LogP contribution < -0.4 is 4.74 Å². The Bertz CT molecular complexity index is 886. The molecule has 3 rings (SSSR count). The standard InChI is InChI=1S/C18H16FNO2S/c1-11(21)18(2,3)16-14(19)5-4-6-15(16)22-13-9-12-7-8-23-17(12)20-10-13/h4-10H,1-3H3. The van der Waals surface area contributed by atoms with Gasteiger partial charge in [0, 0.05) is 10.9 Å². The van der Waals surface area contributed by atoms with Gasteiger partial charge in [-0.05, 0) is 50.4 Å². The van der Waals surface area contributed by atoms with Gasteiger partial charge in [0.25, 0.3) is 0 Å². The van der Waals surface area contributed by atoms with Gasteiger partial charge in [-0.3, -0.25) is 4.79 Å². The molecule has 0 radical (unpaired) electrons. The summed E-state index contributed by atoms with van der Waals surface area (Å²) in [6.45, 7) is 4.84. The molecule has 118 valence electrons. The van der Waals surface area contributed by atoms with E-state index in [1.807, 2.05) is 17.5 Å². The maximum Gasteiger partial charge on any atom is 0.146 e. The monoisotopic (exact) mass is 329 g/mol. The van der Waals surface area contributed by atoms with Crippen LogP contribution in [-0.4, -0.2) is 10.8 Å². The number of thiophene rings is 1. The number of pyridine rings is 1. The number of aromatic nitrogens is 1. The maximum absolute atomic E-state index is 14.4. The van der Waals surface area contributed by atoms with E-state index in [1.165, 1.54) is 13.0 Å². The SMILES string of the molecule is CC(=O)C(C)(C)c1c(F)cccc1Oc1cnc2sccc2c1. The van der Waals surface area contributed by atoms with Crippen molar-refractivity contribution in [2.45, 2.75) is 26.2 Å². The summed E-state index contributed by atoms with van der Waals surface area (Å²) in [5, 5.41) is 2.92. The molecule has 23 heavy (non-hydrogen) atoms. The van der Waals surface area contributed by atoms with Crippen LogP contribution in [0, 0.1) is 5.82 Å². The average Bonchev–Trinajstić information content (AvgIpc) is 2.94. The Balaban J connectivity index is 2.06. The fourth-order valence-electron chi connectivity index (χ4n) is 2.39. The molecule has 0 aliphatic rings. The molecule has 0 spiro atoms. The molecule has 0 saturated carbocycles. The van der Waals surface area contributed by atoms with Gasteiger partial charge < -0.3 is 4.74 Å². The van der Waals surface area contributed by atoms with Gasteiger partial charge in [-0.1, -0.05) is 6.07 Å². The van der Waals surface area contributed by atoms with Crippen LogP contribution in [0.2, 0.25) is 0 Å². The highest BCUT2D eigenvalue weighted by molar-refractivity contribution is 7.16. The van der Waals surface area contributed by atoms with Crippen LogP contribution in [0.3, 0.4) is 0 Å². The Kier molecular flexibility index (Phi) is 3.90. The molecule has 0 fully saturated rings. The van der Waals surface area contributed by atoms with Gasteiger partial charge in [0.2, 0.25) is 0 Å². The fourth-order valence-corrected chi connectivity index (χ4v) is 3.11. The summed E-state index contributed by atoms with van der Waals surface area (Å²) < 4.78 is 20.2. The van der Waals surface area contributed by atoms with Crippen LogP contribution in [0.5, 0.6) is 11.5 Å². The molecule has 0 N–H and O–H groups in total. The summed E-state index contributed by atoms with van der Waals surface area (Å²) in [6, 6.07) is 8.38. The van der Waals surface area contributed by atoms with Crippen molar-refractivity contribution >= 4 is 27.3 Å². The highest BCUT2D eigenvalue weighted by Crippen LogP contribution is 2.37. The van der Waals surface area contributed by atoms with Crippen LogP contribution in [0.4, 0.5) is 4.39 Å². The predicted molar refractivity (Wildman–Crippen MR) is 89.8 cm³/mol. The van der Waals surface area contributed by atoms with Gasteiger partial charge in [-0.15, -0.1) is 11.3 Å². The summed E-state index contributed by atoms with van der Waals surface area (Å²) in [7, 11) is 0. The second-order valence-corrected chi connectivity index (χ2v) is 6.78. The van der Waals surface area contributed by atoms with Crippen molar-refractivity contribution in [1.82, 2.24) is 4.98 Å².